The van der Waals surface area contributed by atoms with E-state index in [2.05, 4.69) is 0 Å². The molecule has 1 saturated heterocycles. The van der Waals surface area contributed by atoms with Gasteiger partial charge in [-0.15, -0.1) is 0 Å². The number of benzene rings is 1. The Labute approximate surface area is 315 Å². The van der Waals surface area contributed by atoms with Crippen LogP contribution in [0.1, 0.15) is 23.2 Å². The van der Waals surface area contributed by atoms with Gasteiger partial charge in [0.15, 0.2) is 11.7 Å². The number of carboxylic acid groups (broad SMARTS) is 2. The van der Waals surface area contributed by atoms with E-state index in [1.165, 1.54) is 33.5 Å². The number of rotatable bonds is 12. The summed E-state index contributed by atoms with van der Waals surface area (Å²) in [5.74, 6) is -10.3. The molecule has 0 radical (unpaired) electrons. The van der Waals surface area contributed by atoms with Crippen molar-refractivity contribution in [1.29, 1.82) is 0 Å². The van der Waals surface area contributed by atoms with E-state index in [-0.39, 0.29) is 31.2 Å². The van der Waals surface area contributed by atoms with E-state index in [1.54, 1.807) is 25.2 Å². The first kappa shape index (κ1) is 39.7. The second kappa shape index (κ2) is 13.3. The van der Waals surface area contributed by atoms with Gasteiger partial charge in [-0.2, -0.15) is 0 Å². The summed E-state index contributed by atoms with van der Waals surface area (Å²) in [5.41, 5.74) is -11.1. The minimum Gasteiger partial charge on any atom is -0.479 e. The highest BCUT2D eigenvalue weighted by Crippen LogP contribution is 2.81. The molecule has 16 atom stereocenters. The van der Waals surface area contributed by atoms with Crippen LogP contribution in [-0.2, 0) is 42.8 Å². The van der Waals surface area contributed by atoms with E-state index >= 15 is 0 Å². The lowest BCUT2D eigenvalue weighted by Gasteiger charge is -2.72. The minimum atomic E-state index is -2.67. The number of ether oxygens (including phenoxy) is 6. The minimum absolute atomic E-state index is 0.0212. The van der Waals surface area contributed by atoms with E-state index in [9.17, 15) is 54.9 Å². The molecule has 7 bridgehead atoms. The summed E-state index contributed by atoms with van der Waals surface area (Å²) >= 11 is 0. The molecule has 55 heavy (non-hydrogen) atoms. The zero-order chi connectivity index (χ0) is 40.2. The zero-order valence-electron chi connectivity index (χ0n) is 30.8. The normalized spacial score (nSPS) is 45.8. The highest BCUT2D eigenvalue weighted by molar-refractivity contribution is 6.01. The van der Waals surface area contributed by atoms with Gasteiger partial charge < -0.3 is 69.1 Å². The predicted octanol–water partition coefficient (Wildman–Crippen LogP) is -2.19. The van der Waals surface area contributed by atoms with Crippen LogP contribution in [0.4, 0.5) is 0 Å². The lowest BCUT2D eigenvalue weighted by molar-refractivity contribution is -0.353. The molecule has 6 aliphatic rings. The Hall–Kier alpha value is -3.56. The van der Waals surface area contributed by atoms with E-state index in [4.69, 9.17) is 28.4 Å². The highest BCUT2D eigenvalue weighted by Gasteiger charge is 2.96. The lowest BCUT2D eigenvalue weighted by Crippen LogP contribution is -2.85. The largest absolute Gasteiger partial charge is 0.479 e. The van der Waals surface area contributed by atoms with Gasteiger partial charge in [0.1, 0.15) is 23.9 Å². The third-order valence-electron chi connectivity index (χ3n) is 14.0. The molecule has 302 valence electrons. The summed E-state index contributed by atoms with van der Waals surface area (Å²) in [4.78, 5) is 53.7. The average Bonchev–Trinajstić information content (AvgIpc) is 3.51. The molecule has 0 aromatic heterocycles. The molecule has 1 heterocycles. The SMILES string of the molecule is COC[C@]12CN(C)C3[C@@H]4[C@H](OC)[C@H]1[C@@]3([C@@H](OC)C[C@H]2O)[C@]1(O)C[C@@]2(O)[C@H](OC(=O)c3ccccc3)[C@@H]1[C@]4(OC(=O)/C=C(/C(=O)O)[C@@H](O)C(=O)O)[C@@H](O)[C@@H]2OC. The second-order valence-electron chi connectivity index (χ2n) is 15.9. The fourth-order valence-corrected chi connectivity index (χ4v) is 12.7. The first-order valence-electron chi connectivity index (χ1n) is 17.9. The fourth-order valence-electron chi connectivity index (χ4n) is 12.7. The Bertz CT molecular complexity index is 1780. The molecule has 7 N–H and O–H groups in total. The van der Waals surface area contributed by atoms with Gasteiger partial charge in [0.05, 0.1) is 47.6 Å². The molecule has 6 fully saturated rings. The second-order valence-corrected chi connectivity index (χ2v) is 15.9. The van der Waals surface area contributed by atoms with Gasteiger partial charge in [-0.25, -0.2) is 19.2 Å². The maximum Gasteiger partial charge on any atom is 0.338 e. The van der Waals surface area contributed by atoms with Crippen molar-refractivity contribution in [3.05, 3.63) is 47.5 Å². The first-order valence-corrected chi connectivity index (χ1v) is 17.9. The van der Waals surface area contributed by atoms with Crippen molar-refractivity contribution in [2.75, 3.05) is 48.6 Å². The Kier molecular flexibility index (Phi) is 9.56. The summed E-state index contributed by atoms with van der Waals surface area (Å²) < 4.78 is 36.5. The predicted molar refractivity (Wildman–Crippen MR) is 181 cm³/mol. The van der Waals surface area contributed by atoms with Gasteiger partial charge in [0, 0.05) is 82.6 Å². The van der Waals surface area contributed by atoms with Crippen molar-refractivity contribution in [2.45, 2.75) is 78.4 Å². The molecule has 5 saturated carbocycles. The summed E-state index contributed by atoms with van der Waals surface area (Å²) in [7, 11) is 7.10. The number of carbonyl (C=O) groups is 4. The van der Waals surface area contributed by atoms with Crippen molar-refractivity contribution in [3.63, 3.8) is 0 Å². The van der Waals surface area contributed by atoms with Crippen LogP contribution in [0.2, 0.25) is 0 Å². The van der Waals surface area contributed by atoms with Gasteiger partial charge in [0.25, 0.3) is 0 Å². The molecule has 1 aliphatic heterocycles. The number of hydrogen-bond acceptors (Lipinski definition) is 16. The summed E-state index contributed by atoms with van der Waals surface area (Å²) in [6.07, 6.45) is -11.9. The number of esters is 2. The number of hydrogen-bond donors (Lipinski definition) is 7. The molecular weight excluding hydrogens is 730 g/mol. The summed E-state index contributed by atoms with van der Waals surface area (Å²) in [6.45, 7) is 0.108. The molecule has 1 spiro atoms. The van der Waals surface area contributed by atoms with Gasteiger partial charge in [-0.3, -0.25) is 0 Å². The number of aliphatic carboxylic acids is 2. The van der Waals surface area contributed by atoms with Gasteiger partial charge in [-0.1, -0.05) is 18.2 Å². The number of carbonyl (C=O) groups excluding carboxylic acids is 2. The van der Waals surface area contributed by atoms with E-state index < -0.39 is 130 Å². The maximum absolute atomic E-state index is 14.2. The van der Waals surface area contributed by atoms with Crippen LogP contribution < -0.4 is 0 Å². The van der Waals surface area contributed by atoms with E-state index in [0.717, 1.165) is 7.11 Å². The average molecular weight is 778 g/mol. The van der Waals surface area contributed by atoms with Crippen molar-refractivity contribution < 1.29 is 83.3 Å². The standard InChI is InChI=1S/C37H47NO17/c1-38-14-33(15-50-2)18(39)12-19(51-3)36-24(33)23(52-4)21(26(36)38)37(55-20(40)11-17(30(43)44)22(41)31(45)46)25-28(54-32(47)16-9-7-6-8-10-16)34(48,13-35(25,36)49)29(53-5)27(37)42/h6-11,18-19,21-29,39,41-42,48-49H,12-15H2,1-5H3,(H,43,44)(H,45,46)/b17-11+/t18-,19+,21+,22-,23+,24-,25+,26?,27+,28-,29+,33+,34-,35+,36-,37+/m1/s1. The topological polar surface area (TPSA) is 269 Å². The van der Waals surface area contributed by atoms with Crippen LogP contribution in [0.3, 0.4) is 0 Å². The van der Waals surface area contributed by atoms with E-state index in [0.29, 0.717) is 0 Å². The smallest absolute Gasteiger partial charge is 0.338 e. The fraction of sp³-hybridized carbons (Fsp3) is 0.676. The van der Waals surface area contributed by atoms with E-state index in [1.807, 2.05) is 4.90 Å². The highest BCUT2D eigenvalue weighted by atomic mass is 16.6. The Morgan fingerprint density at radius 2 is 1.64 bits per heavy atom. The van der Waals surface area contributed by atoms with Gasteiger partial charge in [-0.05, 0) is 19.2 Å². The van der Waals surface area contributed by atoms with Crippen molar-refractivity contribution in [1.82, 2.24) is 4.90 Å². The number of fused-ring (bicyclic) bond motifs is 2. The molecule has 5 aliphatic carbocycles. The van der Waals surface area contributed by atoms with Crippen LogP contribution in [0.25, 0.3) is 0 Å². The molecule has 1 aromatic carbocycles. The number of carboxylic acids is 2. The summed E-state index contributed by atoms with van der Waals surface area (Å²) in [6, 6.07) is 6.81. The third kappa shape index (κ3) is 4.77. The number of nitrogens with zero attached hydrogens (tertiary/aromatic N) is 1. The zero-order valence-corrected chi connectivity index (χ0v) is 30.8. The number of aliphatic hydroxyl groups excluding tert-OH is 3. The molecule has 18 nitrogen and oxygen atoms in total. The van der Waals surface area contributed by atoms with Gasteiger partial charge >= 0.3 is 23.9 Å². The van der Waals surface area contributed by atoms with Gasteiger partial charge in [0.2, 0.25) is 0 Å². The molecule has 1 unspecified atom stereocenters. The van der Waals surface area contributed by atoms with Crippen molar-refractivity contribution in [3.8, 4) is 0 Å². The van der Waals surface area contributed by atoms with Crippen LogP contribution in [0, 0.1) is 28.6 Å². The molecule has 18 heteroatoms. The molecule has 7 rings (SSSR count). The molecule has 1 aromatic rings. The third-order valence-corrected chi connectivity index (χ3v) is 14.0. The monoisotopic (exact) mass is 777 g/mol. The quantitative estimate of drug-likeness (QED) is 0.0878. The van der Waals surface area contributed by atoms with Crippen LogP contribution in [0.15, 0.2) is 42.0 Å². The van der Waals surface area contributed by atoms with Crippen molar-refractivity contribution in [2.24, 2.45) is 28.6 Å². The lowest BCUT2D eigenvalue weighted by atomic mass is 9.40. The van der Waals surface area contributed by atoms with Crippen LogP contribution >= 0.6 is 0 Å². The number of aliphatic hydroxyl groups is 5. The van der Waals surface area contributed by atoms with Crippen LogP contribution in [0.5, 0.6) is 0 Å². The Morgan fingerprint density at radius 1 is 0.964 bits per heavy atom. The number of piperidine rings is 1. The summed E-state index contributed by atoms with van der Waals surface area (Å²) in [5, 5.41) is 81.0. The maximum atomic E-state index is 14.2. The van der Waals surface area contributed by atoms with Crippen molar-refractivity contribution >= 4 is 23.9 Å². The van der Waals surface area contributed by atoms with Crippen LogP contribution in [-0.4, -0.2) is 179 Å². The molecular formula is C37H47NO17. The first-order chi connectivity index (χ1) is 25.9. The Morgan fingerprint density at radius 3 is 2.20 bits per heavy atom. The molecule has 0 amide bonds. The Balaban J connectivity index is 1.55. The number of methoxy groups -OCH3 is 4. The number of likely N-dealkylation sites (tertiary alicyclic amines) is 1.